The molecule has 1 N–H and O–H groups in total. The summed E-state index contributed by atoms with van der Waals surface area (Å²) in [6.07, 6.45) is -2.75. The fourth-order valence-corrected chi connectivity index (χ4v) is 3.44. The molecule has 1 unspecified atom stereocenters. The predicted octanol–water partition coefficient (Wildman–Crippen LogP) is 2.61. The van der Waals surface area contributed by atoms with Gasteiger partial charge >= 0.3 is 6.18 Å². The number of β-amino-alcohol motifs (C(OH)–C–C–N with tert-alkyl or cyclic N) is 1. The first-order valence-corrected chi connectivity index (χ1v) is 9.01. The summed E-state index contributed by atoms with van der Waals surface area (Å²) in [6, 6.07) is 9.19. The number of aromatic nitrogens is 2. The van der Waals surface area contributed by atoms with Crippen molar-refractivity contribution in [2.75, 3.05) is 37.6 Å². The first kappa shape index (κ1) is 19.6. The smallest absolute Gasteiger partial charge is 0.391 e. The van der Waals surface area contributed by atoms with Gasteiger partial charge in [0, 0.05) is 38.8 Å². The standard InChI is InChI=1S/C19H23F3N4O/c20-19(21,22)17-6-2-1-5-15(17)13-16(27)14-25-9-4-10-26(12-11-25)18-7-3-8-23-24-18/h1-3,5-8,16,27H,4,9-14H2. The largest absolute Gasteiger partial charge is 0.416 e. The second-order valence-corrected chi connectivity index (χ2v) is 6.74. The Labute approximate surface area is 156 Å². The van der Waals surface area contributed by atoms with E-state index >= 15 is 0 Å². The lowest BCUT2D eigenvalue weighted by Gasteiger charge is -2.24. The molecule has 27 heavy (non-hydrogen) atoms. The predicted molar refractivity (Wildman–Crippen MR) is 96.5 cm³/mol. The quantitative estimate of drug-likeness (QED) is 0.864. The van der Waals surface area contributed by atoms with Gasteiger partial charge in [0.15, 0.2) is 5.82 Å². The van der Waals surface area contributed by atoms with Crippen LogP contribution >= 0.6 is 0 Å². The van der Waals surface area contributed by atoms with Gasteiger partial charge in [-0.2, -0.15) is 18.3 Å². The van der Waals surface area contributed by atoms with Crippen molar-refractivity contribution >= 4 is 5.82 Å². The van der Waals surface area contributed by atoms with Crippen LogP contribution in [0.25, 0.3) is 0 Å². The molecule has 8 heteroatoms. The normalized spacial score (nSPS) is 17.6. The molecule has 2 aromatic rings. The molecule has 1 aliphatic rings. The summed E-state index contributed by atoms with van der Waals surface area (Å²) in [6.45, 7) is 3.43. The molecule has 0 aliphatic carbocycles. The summed E-state index contributed by atoms with van der Waals surface area (Å²) in [5.74, 6) is 0.819. The van der Waals surface area contributed by atoms with E-state index in [1.807, 2.05) is 12.1 Å². The first-order valence-electron chi connectivity index (χ1n) is 9.01. The Bertz CT molecular complexity index is 726. The molecule has 0 saturated carbocycles. The molecule has 1 aromatic heterocycles. The highest BCUT2D eigenvalue weighted by Gasteiger charge is 2.33. The molecule has 0 amide bonds. The number of aliphatic hydroxyl groups is 1. The molecule has 5 nitrogen and oxygen atoms in total. The minimum atomic E-state index is -4.41. The molecule has 0 spiro atoms. The molecular formula is C19H23F3N4O. The number of anilines is 1. The third-order valence-corrected chi connectivity index (χ3v) is 4.72. The van der Waals surface area contributed by atoms with Gasteiger partial charge in [0.05, 0.1) is 11.7 Å². The number of benzene rings is 1. The summed E-state index contributed by atoms with van der Waals surface area (Å²) in [4.78, 5) is 4.23. The molecule has 3 rings (SSSR count). The van der Waals surface area contributed by atoms with Crippen LogP contribution < -0.4 is 4.90 Å². The van der Waals surface area contributed by atoms with E-state index in [1.165, 1.54) is 12.1 Å². The molecule has 1 aliphatic heterocycles. The second-order valence-electron chi connectivity index (χ2n) is 6.74. The van der Waals surface area contributed by atoms with E-state index in [-0.39, 0.29) is 12.0 Å². The molecule has 146 valence electrons. The van der Waals surface area contributed by atoms with Crippen molar-refractivity contribution in [2.45, 2.75) is 25.1 Å². The highest BCUT2D eigenvalue weighted by atomic mass is 19.4. The number of nitrogens with zero attached hydrogens (tertiary/aromatic N) is 4. The SMILES string of the molecule is OC(Cc1ccccc1C(F)(F)F)CN1CCCN(c2cccnn2)CC1. The van der Waals surface area contributed by atoms with Crippen LogP contribution in [0.2, 0.25) is 0 Å². The summed E-state index contributed by atoms with van der Waals surface area (Å²) in [5, 5.41) is 18.4. The van der Waals surface area contributed by atoms with Crippen molar-refractivity contribution in [1.29, 1.82) is 0 Å². The monoisotopic (exact) mass is 380 g/mol. The van der Waals surface area contributed by atoms with E-state index in [0.29, 0.717) is 13.1 Å². The van der Waals surface area contributed by atoms with E-state index in [2.05, 4.69) is 20.0 Å². The van der Waals surface area contributed by atoms with E-state index in [0.717, 1.165) is 37.9 Å². The lowest BCUT2D eigenvalue weighted by Crippen LogP contribution is -2.37. The van der Waals surface area contributed by atoms with Crippen LogP contribution in [0.4, 0.5) is 19.0 Å². The van der Waals surface area contributed by atoms with Crippen LogP contribution in [0.1, 0.15) is 17.5 Å². The van der Waals surface area contributed by atoms with Gasteiger partial charge in [-0.25, -0.2) is 0 Å². The van der Waals surface area contributed by atoms with Crippen molar-refractivity contribution < 1.29 is 18.3 Å². The zero-order chi connectivity index (χ0) is 19.3. The number of hydrogen-bond acceptors (Lipinski definition) is 5. The maximum atomic E-state index is 13.1. The van der Waals surface area contributed by atoms with Gasteiger partial charge in [-0.15, -0.1) is 5.10 Å². The van der Waals surface area contributed by atoms with Gasteiger partial charge in [0.25, 0.3) is 0 Å². The van der Waals surface area contributed by atoms with Gasteiger partial charge in [-0.1, -0.05) is 18.2 Å². The molecule has 2 heterocycles. The summed E-state index contributed by atoms with van der Waals surface area (Å²) >= 11 is 0. The van der Waals surface area contributed by atoms with Crippen LogP contribution in [0.3, 0.4) is 0 Å². The van der Waals surface area contributed by atoms with Gasteiger partial charge < -0.3 is 10.0 Å². The zero-order valence-electron chi connectivity index (χ0n) is 14.9. The van der Waals surface area contributed by atoms with Crippen LogP contribution in [0.5, 0.6) is 0 Å². The molecule has 1 fully saturated rings. The maximum Gasteiger partial charge on any atom is 0.416 e. The zero-order valence-corrected chi connectivity index (χ0v) is 14.9. The molecule has 0 bridgehead atoms. The van der Waals surface area contributed by atoms with Crippen LogP contribution in [-0.4, -0.2) is 59.0 Å². The highest BCUT2D eigenvalue weighted by molar-refractivity contribution is 5.36. The Hall–Kier alpha value is -2.19. The molecule has 1 saturated heterocycles. The number of hydrogen-bond donors (Lipinski definition) is 1. The lowest BCUT2D eigenvalue weighted by atomic mass is 10.0. The van der Waals surface area contributed by atoms with Gasteiger partial charge in [-0.3, -0.25) is 4.90 Å². The third kappa shape index (κ3) is 5.40. The van der Waals surface area contributed by atoms with E-state index in [4.69, 9.17) is 0 Å². The first-order chi connectivity index (χ1) is 12.9. The number of aliphatic hydroxyl groups excluding tert-OH is 1. The molecule has 1 atom stereocenters. The van der Waals surface area contributed by atoms with Gasteiger partial charge in [0.1, 0.15) is 0 Å². The topological polar surface area (TPSA) is 52.5 Å². The van der Waals surface area contributed by atoms with E-state index < -0.39 is 17.8 Å². The van der Waals surface area contributed by atoms with Crippen molar-refractivity contribution in [1.82, 2.24) is 15.1 Å². The maximum absolute atomic E-state index is 13.1. The minimum absolute atomic E-state index is 0.0138. The Morgan fingerprint density at radius 2 is 1.85 bits per heavy atom. The Balaban J connectivity index is 1.57. The van der Waals surface area contributed by atoms with Gasteiger partial charge in [-0.05, 0) is 36.7 Å². The lowest BCUT2D eigenvalue weighted by molar-refractivity contribution is -0.138. The minimum Gasteiger partial charge on any atom is -0.391 e. The fraction of sp³-hybridized carbons (Fsp3) is 0.474. The van der Waals surface area contributed by atoms with E-state index in [1.54, 1.807) is 12.3 Å². The Morgan fingerprint density at radius 1 is 1.04 bits per heavy atom. The molecule has 0 radical (unpaired) electrons. The van der Waals surface area contributed by atoms with Gasteiger partial charge in [0.2, 0.25) is 0 Å². The third-order valence-electron chi connectivity index (χ3n) is 4.72. The average Bonchev–Trinajstić information content (AvgIpc) is 2.87. The molecule has 1 aromatic carbocycles. The van der Waals surface area contributed by atoms with Crippen LogP contribution in [0, 0.1) is 0 Å². The number of rotatable bonds is 5. The van der Waals surface area contributed by atoms with Crippen molar-refractivity contribution in [3.05, 3.63) is 53.7 Å². The van der Waals surface area contributed by atoms with Crippen molar-refractivity contribution in [3.63, 3.8) is 0 Å². The number of halogens is 3. The Morgan fingerprint density at radius 3 is 2.59 bits per heavy atom. The average molecular weight is 380 g/mol. The van der Waals surface area contributed by atoms with Crippen molar-refractivity contribution in [3.8, 4) is 0 Å². The molecular weight excluding hydrogens is 357 g/mol. The van der Waals surface area contributed by atoms with E-state index in [9.17, 15) is 18.3 Å². The van der Waals surface area contributed by atoms with Crippen molar-refractivity contribution in [2.24, 2.45) is 0 Å². The number of alkyl halides is 3. The second kappa shape index (κ2) is 8.67. The van der Waals surface area contributed by atoms with Crippen LogP contribution in [0.15, 0.2) is 42.6 Å². The summed E-state index contributed by atoms with van der Waals surface area (Å²) < 4.78 is 39.3. The fourth-order valence-electron chi connectivity index (χ4n) is 3.44. The summed E-state index contributed by atoms with van der Waals surface area (Å²) in [7, 11) is 0. The summed E-state index contributed by atoms with van der Waals surface area (Å²) in [5.41, 5.74) is -0.540. The highest BCUT2D eigenvalue weighted by Crippen LogP contribution is 2.32. The Kier molecular flexibility index (Phi) is 6.28. The van der Waals surface area contributed by atoms with Crippen LogP contribution in [-0.2, 0) is 12.6 Å².